The second-order valence-corrected chi connectivity index (χ2v) is 5.28. The van der Waals surface area contributed by atoms with Crippen LogP contribution in [-0.2, 0) is 12.8 Å². The molecule has 17 heavy (non-hydrogen) atoms. The first-order valence-corrected chi connectivity index (χ1v) is 6.55. The summed E-state index contributed by atoms with van der Waals surface area (Å²) in [5.41, 5.74) is 2.20. The molecule has 1 aliphatic carbocycles. The predicted molar refractivity (Wildman–Crippen MR) is 66.4 cm³/mol. The number of thiazole rings is 1. The van der Waals surface area contributed by atoms with Crippen LogP contribution in [0, 0.1) is 0 Å². The van der Waals surface area contributed by atoms with Gasteiger partial charge in [-0.2, -0.15) is 0 Å². The number of fused-ring (bicyclic) bond motifs is 1. The number of rotatable bonds is 2. The van der Waals surface area contributed by atoms with Crippen molar-refractivity contribution in [2.24, 2.45) is 0 Å². The lowest BCUT2D eigenvalue weighted by molar-refractivity contribution is 0.0976. The lowest BCUT2D eigenvalue weighted by atomic mass is 10.0. The van der Waals surface area contributed by atoms with E-state index < -0.39 is 0 Å². The molecular formula is C13H12N2OS. The number of hydrogen-bond acceptors (Lipinski definition) is 4. The Labute approximate surface area is 104 Å². The van der Waals surface area contributed by atoms with Crippen LogP contribution < -0.4 is 0 Å². The van der Waals surface area contributed by atoms with Crippen molar-refractivity contribution in [2.75, 3.05) is 0 Å². The van der Waals surface area contributed by atoms with Crippen LogP contribution in [0.4, 0.5) is 0 Å². The van der Waals surface area contributed by atoms with Crippen molar-refractivity contribution in [2.45, 2.75) is 25.7 Å². The van der Waals surface area contributed by atoms with Gasteiger partial charge in [0.15, 0.2) is 5.78 Å². The Bertz CT molecular complexity index is 548. The van der Waals surface area contributed by atoms with E-state index in [-0.39, 0.29) is 5.78 Å². The van der Waals surface area contributed by atoms with Gasteiger partial charge >= 0.3 is 0 Å². The Balaban J connectivity index is 1.88. The Morgan fingerprint density at radius 2 is 2.06 bits per heavy atom. The minimum absolute atomic E-state index is 0.268. The van der Waals surface area contributed by atoms with Crippen LogP contribution in [0.15, 0.2) is 24.5 Å². The highest BCUT2D eigenvalue weighted by Crippen LogP contribution is 2.27. The van der Waals surface area contributed by atoms with Crippen LogP contribution >= 0.6 is 11.3 Å². The third-order valence-electron chi connectivity index (χ3n) is 2.92. The summed E-state index contributed by atoms with van der Waals surface area (Å²) in [7, 11) is 0. The van der Waals surface area contributed by atoms with E-state index in [0.29, 0.717) is 6.42 Å². The number of hydrogen-bond donors (Lipinski definition) is 0. The molecule has 0 aromatic carbocycles. The fourth-order valence-electron chi connectivity index (χ4n) is 2.07. The van der Waals surface area contributed by atoms with E-state index in [9.17, 15) is 4.79 Å². The molecule has 0 fully saturated rings. The summed E-state index contributed by atoms with van der Waals surface area (Å²) < 4.78 is 0. The first-order chi connectivity index (χ1) is 8.33. The molecule has 0 unspecified atom stereocenters. The van der Waals surface area contributed by atoms with Crippen molar-refractivity contribution < 1.29 is 4.79 Å². The van der Waals surface area contributed by atoms with Crippen molar-refractivity contribution in [3.8, 4) is 0 Å². The zero-order chi connectivity index (χ0) is 11.7. The maximum atomic E-state index is 11.7. The van der Waals surface area contributed by atoms with Crippen LogP contribution in [0.3, 0.4) is 0 Å². The maximum absolute atomic E-state index is 11.7. The van der Waals surface area contributed by atoms with Gasteiger partial charge < -0.3 is 0 Å². The maximum Gasteiger partial charge on any atom is 0.174 e. The zero-order valence-electron chi connectivity index (χ0n) is 9.35. The van der Waals surface area contributed by atoms with Gasteiger partial charge in [0.1, 0.15) is 0 Å². The van der Waals surface area contributed by atoms with Gasteiger partial charge in [0, 0.05) is 25.2 Å². The summed E-state index contributed by atoms with van der Waals surface area (Å²) in [4.78, 5) is 21.2. The van der Waals surface area contributed by atoms with E-state index in [2.05, 4.69) is 9.97 Å². The Hall–Kier alpha value is -1.55. The quantitative estimate of drug-likeness (QED) is 0.815. The molecule has 3 nitrogen and oxygen atoms in total. The molecule has 0 aliphatic heterocycles. The third-order valence-corrected chi connectivity index (χ3v) is 4.06. The molecule has 0 saturated heterocycles. The second-order valence-electron chi connectivity index (χ2n) is 4.19. The van der Waals surface area contributed by atoms with Crippen LogP contribution in [0.5, 0.6) is 0 Å². The number of aromatic nitrogens is 2. The molecule has 0 spiro atoms. The molecule has 3 rings (SSSR count). The highest BCUT2D eigenvalue weighted by Gasteiger charge is 2.21. The molecule has 0 saturated carbocycles. The molecule has 0 bridgehead atoms. The monoisotopic (exact) mass is 244 g/mol. The number of ketones is 1. The number of carbonyl (C=O) groups is 1. The molecule has 0 atom stereocenters. The fraction of sp³-hybridized carbons (Fsp3) is 0.308. The standard InChI is InChI=1S/C13H12N2OS/c16-11-3-1-2-10-13(11)17-12(15-10)8-9-4-6-14-7-5-9/h4-7H,1-3,8H2. The largest absolute Gasteiger partial charge is 0.293 e. The van der Waals surface area contributed by atoms with Gasteiger partial charge in [-0.1, -0.05) is 0 Å². The summed E-state index contributed by atoms with van der Waals surface area (Å²) in [6.45, 7) is 0. The molecule has 0 radical (unpaired) electrons. The van der Waals surface area contributed by atoms with Crippen molar-refractivity contribution in [1.82, 2.24) is 9.97 Å². The van der Waals surface area contributed by atoms with Gasteiger partial charge in [-0.05, 0) is 30.5 Å². The van der Waals surface area contributed by atoms with E-state index in [1.807, 2.05) is 12.1 Å². The first kappa shape index (κ1) is 10.6. The number of aryl methyl sites for hydroxylation is 1. The molecule has 0 N–H and O–H groups in total. The Morgan fingerprint density at radius 3 is 2.82 bits per heavy atom. The van der Waals surface area contributed by atoms with Gasteiger partial charge in [0.2, 0.25) is 0 Å². The van der Waals surface area contributed by atoms with Crippen molar-refractivity contribution in [1.29, 1.82) is 0 Å². The van der Waals surface area contributed by atoms with E-state index in [1.165, 1.54) is 5.56 Å². The summed E-state index contributed by atoms with van der Waals surface area (Å²) >= 11 is 1.56. The molecule has 1 aliphatic rings. The molecule has 2 aromatic heterocycles. The van der Waals surface area contributed by atoms with Crippen molar-refractivity contribution >= 4 is 17.1 Å². The number of nitrogens with zero attached hydrogens (tertiary/aromatic N) is 2. The topological polar surface area (TPSA) is 42.9 Å². The highest BCUT2D eigenvalue weighted by molar-refractivity contribution is 7.13. The lowest BCUT2D eigenvalue weighted by Gasteiger charge is -2.06. The van der Waals surface area contributed by atoms with Gasteiger partial charge in [-0.25, -0.2) is 4.98 Å². The molecule has 0 amide bonds. The Kier molecular flexibility index (Phi) is 2.73. The van der Waals surface area contributed by atoms with Crippen molar-refractivity contribution in [3.05, 3.63) is 45.7 Å². The Morgan fingerprint density at radius 1 is 1.24 bits per heavy atom. The van der Waals surface area contributed by atoms with Crippen LogP contribution in [0.25, 0.3) is 0 Å². The third kappa shape index (κ3) is 2.13. The highest BCUT2D eigenvalue weighted by atomic mass is 32.1. The molecule has 2 heterocycles. The van der Waals surface area contributed by atoms with Crippen LogP contribution in [-0.4, -0.2) is 15.8 Å². The van der Waals surface area contributed by atoms with E-state index in [0.717, 1.165) is 34.8 Å². The van der Waals surface area contributed by atoms with Crippen molar-refractivity contribution in [3.63, 3.8) is 0 Å². The normalized spacial score (nSPS) is 14.7. The summed E-state index contributed by atoms with van der Waals surface area (Å²) in [5, 5.41) is 1.04. The minimum Gasteiger partial charge on any atom is -0.293 e. The fourth-order valence-corrected chi connectivity index (χ4v) is 3.18. The molecule has 86 valence electrons. The molecule has 2 aromatic rings. The molecule has 4 heteroatoms. The SMILES string of the molecule is O=C1CCCc2nc(Cc3ccncc3)sc21. The number of Topliss-reactive ketones (excluding diaryl/α,β-unsaturated/α-hetero) is 1. The average Bonchev–Trinajstić information content (AvgIpc) is 2.74. The lowest BCUT2D eigenvalue weighted by Crippen LogP contribution is -2.07. The van der Waals surface area contributed by atoms with Gasteiger partial charge in [0.05, 0.1) is 15.6 Å². The summed E-state index contributed by atoms with van der Waals surface area (Å²) in [5.74, 6) is 0.268. The average molecular weight is 244 g/mol. The van der Waals surface area contributed by atoms with Gasteiger partial charge in [-0.3, -0.25) is 9.78 Å². The first-order valence-electron chi connectivity index (χ1n) is 5.73. The van der Waals surface area contributed by atoms with Gasteiger partial charge in [-0.15, -0.1) is 11.3 Å². The van der Waals surface area contributed by atoms with E-state index in [1.54, 1.807) is 23.7 Å². The van der Waals surface area contributed by atoms with E-state index in [4.69, 9.17) is 0 Å². The number of pyridine rings is 1. The van der Waals surface area contributed by atoms with E-state index >= 15 is 0 Å². The molecular weight excluding hydrogens is 232 g/mol. The van der Waals surface area contributed by atoms with Crippen LogP contribution in [0.1, 0.15) is 38.8 Å². The summed E-state index contributed by atoms with van der Waals surface area (Å²) in [6, 6.07) is 3.98. The predicted octanol–water partition coefficient (Wildman–Crippen LogP) is 2.65. The number of carbonyl (C=O) groups excluding carboxylic acids is 1. The smallest absolute Gasteiger partial charge is 0.174 e. The zero-order valence-corrected chi connectivity index (χ0v) is 10.2. The van der Waals surface area contributed by atoms with Crippen LogP contribution in [0.2, 0.25) is 0 Å². The summed E-state index contributed by atoms with van der Waals surface area (Å²) in [6.07, 6.45) is 6.96. The minimum atomic E-state index is 0.268. The van der Waals surface area contributed by atoms with Gasteiger partial charge in [0.25, 0.3) is 0 Å². The second kappa shape index (κ2) is 4.37.